The Bertz CT molecular complexity index is 300. The fraction of sp³-hybridized carbons (Fsp3) is 0.571. The molecule has 0 fully saturated rings. The molecule has 1 atom stereocenters. The summed E-state index contributed by atoms with van der Waals surface area (Å²) < 4.78 is 5.41. The molecule has 17 heavy (non-hydrogen) atoms. The third-order valence-corrected chi connectivity index (χ3v) is 3.73. The Hall–Kier alpha value is -0.670. The number of ether oxygens (including phenoxy) is 1. The van der Waals surface area contributed by atoms with Crippen LogP contribution in [0.15, 0.2) is 24.3 Å². The Morgan fingerprint density at radius 3 is 2.59 bits per heavy atom. The van der Waals surface area contributed by atoms with E-state index in [1.807, 2.05) is 30.8 Å². The van der Waals surface area contributed by atoms with Crippen molar-refractivity contribution in [3.05, 3.63) is 29.8 Å². The minimum Gasteiger partial charge on any atom is -0.494 e. The highest BCUT2D eigenvalue weighted by Crippen LogP contribution is 2.12. The van der Waals surface area contributed by atoms with E-state index in [1.165, 1.54) is 12.0 Å². The Kier molecular flexibility index (Phi) is 7.13. The van der Waals surface area contributed by atoms with Gasteiger partial charge in [-0.2, -0.15) is 11.8 Å². The molecule has 1 rings (SSSR count). The van der Waals surface area contributed by atoms with Crippen molar-refractivity contribution in [1.29, 1.82) is 0 Å². The number of hydrogen-bond donors (Lipinski definition) is 1. The predicted octanol–water partition coefficient (Wildman–Crippen LogP) is 3.32. The van der Waals surface area contributed by atoms with Crippen molar-refractivity contribution in [1.82, 2.24) is 5.32 Å². The minimum absolute atomic E-state index is 0.726. The molecule has 1 unspecified atom stereocenters. The van der Waals surface area contributed by atoms with Crippen LogP contribution in [0.25, 0.3) is 0 Å². The van der Waals surface area contributed by atoms with Crippen molar-refractivity contribution < 1.29 is 4.74 Å². The van der Waals surface area contributed by atoms with Crippen LogP contribution in [0.5, 0.6) is 5.75 Å². The summed E-state index contributed by atoms with van der Waals surface area (Å²) in [6, 6.07) is 8.31. The van der Waals surface area contributed by atoms with Crippen LogP contribution >= 0.6 is 11.8 Å². The summed E-state index contributed by atoms with van der Waals surface area (Å²) in [4.78, 5) is 0. The molecule has 0 spiro atoms. The summed E-state index contributed by atoms with van der Waals surface area (Å²) in [6.07, 6.45) is 3.38. The molecular formula is C14H23NOS. The van der Waals surface area contributed by atoms with Crippen molar-refractivity contribution in [3.63, 3.8) is 0 Å². The first-order valence-corrected chi connectivity index (χ1v) is 7.50. The van der Waals surface area contributed by atoms with E-state index in [2.05, 4.69) is 30.6 Å². The lowest BCUT2D eigenvalue weighted by Gasteiger charge is -2.09. The van der Waals surface area contributed by atoms with Gasteiger partial charge < -0.3 is 10.1 Å². The lowest BCUT2D eigenvalue weighted by Crippen LogP contribution is -2.17. The maximum absolute atomic E-state index is 5.41. The lowest BCUT2D eigenvalue weighted by atomic mass is 10.2. The molecule has 0 saturated heterocycles. The summed E-state index contributed by atoms with van der Waals surface area (Å²) in [5, 5.41) is 4.20. The van der Waals surface area contributed by atoms with Crippen LogP contribution < -0.4 is 10.1 Å². The zero-order valence-corrected chi connectivity index (χ0v) is 11.8. The lowest BCUT2D eigenvalue weighted by molar-refractivity contribution is 0.340. The van der Waals surface area contributed by atoms with Gasteiger partial charge in [0, 0.05) is 11.8 Å². The first kappa shape index (κ1) is 14.4. The molecule has 0 heterocycles. The van der Waals surface area contributed by atoms with E-state index in [-0.39, 0.29) is 0 Å². The van der Waals surface area contributed by atoms with Crippen molar-refractivity contribution in [3.8, 4) is 5.75 Å². The van der Waals surface area contributed by atoms with Crippen molar-refractivity contribution in [2.45, 2.75) is 32.1 Å². The van der Waals surface area contributed by atoms with Gasteiger partial charge in [-0.15, -0.1) is 0 Å². The zero-order valence-electron chi connectivity index (χ0n) is 11.0. The average Bonchev–Trinajstić information content (AvgIpc) is 2.36. The van der Waals surface area contributed by atoms with Gasteiger partial charge in [0.1, 0.15) is 5.75 Å². The molecule has 0 aliphatic rings. The first-order chi connectivity index (χ1) is 8.26. The third kappa shape index (κ3) is 5.99. The summed E-state index contributed by atoms with van der Waals surface area (Å²) in [5.74, 6) is 0.951. The smallest absolute Gasteiger partial charge is 0.119 e. The largest absolute Gasteiger partial charge is 0.494 e. The third-order valence-electron chi connectivity index (χ3n) is 2.69. The van der Waals surface area contributed by atoms with Gasteiger partial charge in [-0.05, 0) is 43.8 Å². The van der Waals surface area contributed by atoms with Crippen LogP contribution in [-0.2, 0) is 6.54 Å². The van der Waals surface area contributed by atoms with E-state index in [0.29, 0.717) is 0 Å². The van der Waals surface area contributed by atoms with Crippen molar-refractivity contribution in [2.75, 3.05) is 19.4 Å². The highest BCUT2D eigenvalue weighted by Gasteiger charge is 1.99. The first-order valence-electron chi connectivity index (χ1n) is 6.21. The molecule has 0 aromatic heterocycles. The number of benzene rings is 1. The van der Waals surface area contributed by atoms with Crippen molar-refractivity contribution >= 4 is 11.8 Å². The van der Waals surface area contributed by atoms with Gasteiger partial charge >= 0.3 is 0 Å². The molecule has 1 N–H and O–H groups in total. The maximum Gasteiger partial charge on any atom is 0.119 e. The van der Waals surface area contributed by atoms with E-state index in [4.69, 9.17) is 4.74 Å². The van der Waals surface area contributed by atoms with Crippen molar-refractivity contribution in [2.24, 2.45) is 0 Å². The Balaban J connectivity index is 2.23. The number of hydrogen-bond acceptors (Lipinski definition) is 3. The number of thioether (sulfide) groups is 1. The van der Waals surface area contributed by atoms with Crippen LogP contribution in [0.3, 0.4) is 0 Å². The molecule has 0 aliphatic heterocycles. The van der Waals surface area contributed by atoms with E-state index in [9.17, 15) is 0 Å². The number of nitrogens with one attached hydrogen (secondary N) is 1. The zero-order chi connectivity index (χ0) is 12.5. The molecule has 96 valence electrons. The fourth-order valence-corrected chi connectivity index (χ4v) is 1.88. The Morgan fingerprint density at radius 1 is 1.29 bits per heavy atom. The Morgan fingerprint density at radius 2 is 2.00 bits per heavy atom. The highest BCUT2D eigenvalue weighted by atomic mass is 32.2. The topological polar surface area (TPSA) is 21.3 Å². The maximum atomic E-state index is 5.41. The van der Waals surface area contributed by atoms with Crippen LogP contribution in [-0.4, -0.2) is 24.7 Å². The average molecular weight is 253 g/mol. The monoisotopic (exact) mass is 253 g/mol. The van der Waals surface area contributed by atoms with Gasteiger partial charge in [-0.25, -0.2) is 0 Å². The minimum atomic E-state index is 0.726. The normalized spacial score (nSPS) is 12.4. The van der Waals surface area contributed by atoms with Crippen LogP contribution in [0.1, 0.15) is 25.8 Å². The van der Waals surface area contributed by atoms with Crippen LogP contribution in [0.2, 0.25) is 0 Å². The molecule has 0 radical (unpaired) electrons. The molecule has 0 aliphatic carbocycles. The molecule has 2 nitrogen and oxygen atoms in total. The molecule has 0 saturated carbocycles. The van der Waals surface area contributed by atoms with Gasteiger partial charge in [0.2, 0.25) is 0 Å². The molecule has 0 amide bonds. The van der Waals surface area contributed by atoms with Crippen LogP contribution in [0, 0.1) is 0 Å². The number of rotatable bonds is 8. The fourth-order valence-electron chi connectivity index (χ4n) is 1.53. The van der Waals surface area contributed by atoms with E-state index in [1.54, 1.807) is 0 Å². The molecule has 0 bridgehead atoms. The molecule has 3 heteroatoms. The quantitative estimate of drug-likeness (QED) is 0.718. The molecule has 1 aromatic rings. The highest BCUT2D eigenvalue weighted by molar-refractivity contribution is 7.99. The van der Waals surface area contributed by atoms with Crippen LogP contribution in [0.4, 0.5) is 0 Å². The van der Waals surface area contributed by atoms with E-state index >= 15 is 0 Å². The van der Waals surface area contributed by atoms with Gasteiger partial charge in [0.05, 0.1) is 6.61 Å². The SMILES string of the molecule is CCOc1ccc(CNCCC(C)SC)cc1. The van der Waals surface area contributed by atoms with Gasteiger partial charge in [-0.3, -0.25) is 0 Å². The van der Waals surface area contributed by atoms with Gasteiger partial charge in [-0.1, -0.05) is 19.1 Å². The summed E-state index contributed by atoms with van der Waals surface area (Å²) in [7, 11) is 0. The predicted molar refractivity (Wildman–Crippen MR) is 76.9 cm³/mol. The second kappa shape index (κ2) is 8.43. The van der Waals surface area contributed by atoms with Gasteiger partial charge in [0.25, 0.3) is 0 Å². The molecular weight excluding hydrogens is 230 g/mol. The summed E-state index contributed by atoms with van der Waals surface area (Å²) in [6.45, 7) is 7.01. The van der Waals surface area contributed by atoms with E-state index in [0.717, 1.165) is 30.7 Å². The summed E-state index contributed by atoms with van der Waals surface area (Å²) in [5.41, 5.74) is 1.31. The van der Waals surface area contributed by atoms with E-state index < -0.39 is 0 Å². The molecule has 1 aromatic carbocycles. The second-order valence-corrected chi connectivity index (χ2v) is 5.36. The standard InChI is InChI=1S/C14H23NOS/c1-4-16-14-7-5-13(6-8-14)11-15-10-9-12(2)17-3/h5-8,12,15H,4,9-11H2,1-3H3. The van der Waals surface area contributed by atoms with Gasteiger partial charge in [0.15, 0.2) is 0 Å². The Labute approximate surface area is 109 Å². The summed E-state index contributed by atoms with van der Waals surface area (Å²) >= 11 is 1.92. The second-order valence-electron chi connectivity index (χ2n) is 4.09.